The minimum Gasteiger partial charge on any atom is -0.399 e. The summed E-state index contributed by atoms with van der Waals surface area (Å²) in [7, 11) is 0. The molecule has 0 saturated carbocycles. The largest absolute Gasteiger partial charge is 0.399 e. The van der Waals surface area contributed by atoms with Gasteiger partial charge in [-0.05, 0) is 18.2 Å². The third kappa shape index (κ3) is 2.29. The summed E-state index contributed by atoms with van der Waals surface area (Å²) in [4.78, 5) is 17.2. The smallest absolute Gasteiger partial charge is 0.229 e. The number of nitrogen functional groups attached to an aromatic ring is 1. The predicted octanol–water partition coefficient (Wildman–Crippen LogP) is 2.14. The Balaban J connectivity index is 2.19. The molecular weight excluding hydrogens is 273 g/mol. The van der Waals surface area contributed by atoms with E-state index < -0.39 is 5.82 Å². The number of aromatic nitrogens is 3. The van der Waals surface area contributed by atoms with Crippen LogP contribution in [-0.2, 0) is 4.79 Å². The van der Waals surface area contributed by atoms with Gasteiger partial charge in [0.2, 0.25) is 5.91 Å². The minimum absolute atomic E-state index is 0.105. The fourth-order valence-electron chi connectivity index (χ4n) is 2.11. The highest BCUT2D eigenvalue weighted by Gasteiger charge is 2.20. The van der Waals surface area contributed by atoms with Crippen LogP contribution in [0.15, 0.2) is 42.9 Å². The molecule has 3 aromatic heterocycles. The lowest BCUT2D eigenvalue weighted by molar-refractivity contribution is -0.115. The molecule has 0 radical (unpaired) electrons. The zero-order chi connectivity index (χ0) is 15.0. The molecule has 0 aliphatic heterocycles. The Kier molecular flexibility index (Phi) is 3.02. The number of halogens is 1. The number of carbonyl (C=O) groups is 1. The molecule has 0 aliphatic carbocycles. The Morgan fingerprint density at radius 3 is 2.86 bits per heavy atom. The molecule has 0 aromatic carbocycles. The molecular formula is C14H12FN5O. The van der Waals surface area contributed by atoms with E-state index in [2.05, 4.69) is 10.1 Å². The lowest BCUT2D eigenvalue weighted by atomic mass is 10.2. The number of carbonyl (C=O) groups excluding carboxylic acids is 1. The molecule has 0 aliphatic rings. The van der Waals surface area contributed by atoms with E-state index in [0.29, 0.717) is 11.2 Å². The lowest BCUT2D eigenvalue weighted by Crippen LogP contribution is -2.25. The second-order valence-electron chi connectivity index (χ2n) is 4.51. The van der Waals surface area contributed by atoms with Gasteiger partial charge in [-0.1, -0.05) is 0 Å². The molecule has 7 heteroatoms. The van der Waals surface area contributed by atoms with Crippen LogP contribution in [0.4, 0.5) is 21.6 Å². The third-order valence-electron chi connectivity index (χ3n) is 3.02. The molecule has 106 valence electrons. The summed E-state index contributed by atoms with van der Waals surface area (Å²) >= 11 is 0. The van der Waals surface area contributed by atoms with Gasteiger partial charge in [0.05, 0.1) is 17.4 Å². The average Bonchev–Trinajstić information content (AvgIpc) is 2.86. The Morgan fingerprint density at radius 1 is 1.33 bits per heavy atom. The first-order chi connectivity index (χ1) is 10.1. The Labute approximate surface area is 119 Å². The van der Waals surface area contributed by atoms with Crippen molar-refractivity contribution >= 4 is 28.6 Å². The molecule has 3 heterocycles. The topological polar surface area (TPSA) is 76.5 Å². The highest BCUT2D eigenvalue weighted by molar-refractivity contribution is 5.99. The van der Waals surface area contributed by atoms with Gasteiger partial charge in [-0.3, -0.25) is 9.69 Å². The highest BCUT2D eigenvalue weighted by Crippen LogP contribution is 2.28. The van der Waals surface area contributed by atoms with Crippen molar-refractivity contribution < 1.29 is 9.18 Å². The van der Waals surface area contributed by atoms with Crippen LogP contribution < -0.4 is 10.6 Å². The summed E-state index contributed by atoms with van der Waals surface area (Å²) in [6, 6.07) is 6.36. The van der Waals surface area contributed by atoms with Gasteiger partial charge in [-0.25, -0.2) is 13.9 Å². The first kappa shape index (κ1) is 13.0. The van der Waals surface area contributed by atoms with E-state index in [1.807, 2.05) is 0 Å². The molecule has 3 aromatic rings. The fourth-order valence-corrected chi connectivity index (χ4v) is 2.11. The van der Waals surface area contributed by atoms with Crippen molar-refractivity contribution in [1.82, 2.24) is 14.6 Å². The minimum atomic E-state index is -0.578. The van der Waals surface area contributed by atoms with Gasteiger partial charge < -0.3 is 5.73 Å². The quantitative estimate of drug-likeness (QED) is 0.782. The zero-order valence-electron chi connectivity index (χ0n) is 11.2. The number of nitrogens with two attached hydrogens (primary N) is 1. The second kappa shape index (κ2) is 4.86. The van der Waals surface area contributed by atoms with Gasteiger partial charge in [0, 0.05) is 31.1 Å². The summed E-state index contributed by atoms with van der Waals surface area (Å²) in [6.07, 6.45) is 4.23. The van der Waals surface area contributed by atoms with Gasteiger partial charge in [-0.15, -0.1) is 0 Å². The Hall–Kier alpha value is -2.96. The van der Waals surface area contributed by atoms with E-state index in [1.165, 1.54) is 40.9 Å². The van der Waals surface area contributed by atoms with Gasteiger partial charge in [0.25, 0.3) is 0 Å². The van der Waals surface area contributed by atoms with Crippen molar-refractivity contribution in [3.63, 3.8) is 0 Å². The molecule has 0 atom stereocenters. The molecule has 6 nitrogen and oxygen atoms in total. The van der Waals surface area contributed by atoms with E-state index in [9.17, 15) is 9.18 Å². The van der Waals surface area contributed by atoms with E-state index >= 15 is 0 Å². The number of fused-ring (bicyclic) bond motifs is 1. The van der Waals surface area contributed by atoms with E-state index in [1.54, 1.807) is 18.3 Å². The molecule has 0 saturated heterocycles. The molecule has 0 fully saturated rings. The maximum Gasteiger partial charge on any atom is 0.229 e. The summed E-state index contributed by atoms with van der Waals surface area (Å²) in [5.74, 6) is -0.674. The summed E-state index contributed by atoms with van der Waals surface area (Å²) < 4.78 is 15.7. The second-order valence-corrected chi connectivity index (χ2v) is 4.51. The number of anilines is 3. The number of nitrogens with zero attached hydrogens (tertiary/aromatic N) is 4. The molecule has 3 rings (SSSR count). The van der Waals surface area contributed by atoms with E-state index in [4.69, 9.17) is 5.73 Å². The lowest BCUT2D eigenvalue weighted by Gasteiger charge is -2.21. The first-order valence-electron chi connectivity index (χ1n) is 6.21. The van der Waals surface area contributed by atoms with Crippen LogP contribution in [0.1, 0.15) is 6.92 Å². The standard InChI is InChI=1S/C14H12FN5O/c1-9(21)20(14-6-10(16)2-4-17-14)13-7-11-3-5-18-19(11)8-12(13)15/h2-8H,1H3,(H2,16,17). The van der Waals surface area contributed by atoms with Gasteiger partial charge >= 0.3 is 0 Å². The maximum absolute atomic E-state index is 14.3. The average molecular weight is 285 g/mol. The summed E-state index contributed by atoms with van der Waals surface area (Å²) in [6.45, 7) is 1.34. The zero-order valence-corrected chi connectivity index (χ0v) is 11.2. The number of rotatable bonds is 2. The van der Waals surface area contributed by atoms with Gasteiger partial charge in [-0.2, -0.15) is 5.10 Å². The number of amides is 1. The predicted molar refractivity (Wildman–Crippen MR) is 76.6 cm³/mol. The van der Waals surface area contributed by atoms with Crippen molar-refractivity contribution in [1.29, 1.82) is 0 Å². The van der Waals surface area contributed by atoms with Gasteiger partial charge in [0.1, 0.15) is 5.82 Å². The van der Waals surface area contributed by atoms with Gasteiger partial charge in [0.15, 0.2) is 5.82 Å². The summed E-state index contributed by atoms with van der Waals surface area (Å²) in [5, 5.41) is 3.95. The van der Waals surface area contributed by atoms with E-state index in [0.717, 1.165) is 0 Å². The molecule has 2 N–H and O–H groups in total. The number of hydrogen-bond donors (Lipinski definition) is 1. The molecule has 0 unspecified atom stereocenters. The van der Waals surface area contributed by atoms with Crippen molar-refractivity contribution in [2.45, 2.75) is 6.92 Å². The Bertz CT molecular complexity index is 829. The van der Waals surface area contributed by atoms with Crippen LogP contribution in [0.25, 0.3) is 5.52 Å². The molecule has 1 amide bonds. The highest BCUT2D eigenvalue weighted by atomic mass is 19.1. The SMILES string of the molecule is CC(=O)N(c1cc(N)ccn1)c1cc2ccnn2cc1F. The van der Waals surface area contributed by atoms with Crippen LogP contribution in [0.2, 0.25) is 0 Å². The summed E-state index contributed by atoms with van der Waals surface area (Å²) in [5.41, 5.74) is 6.92. The fraction of sp³-hybridized carbons (Fsp3) is 0.0714. The monoisotopic (exact) mass is 285 g/mol. The Morgan fingerprint density at radius 2 is 2.14 bits per heavy atom. The van der Waals surface area contributed by atoms with Crippen LogP contribution in [-0.4, -0.2) is 20.5 Å². The van der Waals surface area contributed by atoms with Crippen LogP contribution in [0, 0.1) is 5.82 Å². The van der Waals surface area contributed by atoms with Crippen LogP contribution in [0.5, 0.6) is 0 Å². The van der Waals surface area contributed by atoms with Crippen LogP contribution >= 0.6 is 0 Å². The maximum atomic E-state index is 14.3. The molecule has 0 spiro atoms. The van der Waals surface area contributed by atoms with Crippen molar-refractivity contribution in [3.05, 3.63) is 48.7 Å². The molecule has 0 bridgehead atoms. The molecule has 21 heavy (non-hydrogen) atoms. The van der Waals surface area contributed by atoms with Crippen molar-refractivity contribution in [2.75, 3.05) is 10.6 Å². The van der Waals surface area contributed by atoms with E-state index in [-0.39, 0.29) is 17.4 Å². The van der Waals surface area contributed by atoms with Crippen LogP contribution in [0.3, 0.4) is 0 Å². The number of hydrogen-bond acceptors (Lipinski definition) is 4. The first-order valence-corrected chi connectivity index (χ1v) is 6.21. The van der Waals surface area contributed by atoms with Crippen molar-refractivity contribution in [3.8, 4) is 0 Å². The van der Waals surface area contributed by atoms with Crippen molar-refractivity contribution in [2.24, 2.45) is 0 Å². The normalized spacial score (nSPS) is 10.8. The number of pyridine rings is 2. The third-order valence-corrected chi connectivity index (χ3v) is 3.02.